The molecule has 0 amide bonds. The molecule has 0 heterocycles. The fourth-order valence-electron chi connectivity index (χ4n) is 0.779. The number of hydrogen-bond donors (Lipinski definition) is 2. The molecule has 0 aliphatic carbocycles. The lowest BCUT2D eigenvalue weighted by Crippen LogP contribution is -2.08. The van der Waals surface area contributed by atoms with Gasteiger partial charge in [-0.05, 0) is 12.1 Å². The number of nitrogens with one attached hydrogen (secondary N) is 1. The first-order valence-electron chi connectivity index (χ1n) is 3.34. The lowest BCUT2D eigenvalue weighted by molar-refractivity contribution is -0.0521. The van der Waals surface area contributed by atoms with Gasteiger partial charge in [0, 0.05) is 6.07 Å². The molecule has 6 heteroatoms. The van der Waals surface area contributed by atoms with Crippen LogP contribution in [0.4, 0.5) is 18.9 Å². The molecule has 0 unspecified atom stereocenters. The summed E-state index contributed by atoms with van der Waals surface area (Å²) in [5.41, 5.74) is 2.47. The highest BCUT2D eigenvalue weighted by molar-refractivity contribution is 5.47. The van der Waals surface area contributed by atoms with E-state index >= 15 is 0 Å². The van der Waals surface area contributed by atoms with Crippen LogP contribution in [0.1, 0.15) is 0 Å². The summed E-state index contributed by atoms with van der Waals surface area (Å²) in [7, 11) is 0. The second-order valence-electron chi connectivity index (χ2n) is 2.17. The van der Waals surface area contributed by atoms with E-state index in [1.165, 1.54) is 6.07 Å². The SMILES string of the molecule is NNc1ccc(F)c(OC(F)F)c1. The topological polar surface area (TPSA) is 47.3 Å². The van der Waals surface area contributed by atoms with Crippen molar-refractivity contribution >= 4 is 5.69 Å². The fourth-order valence-corrected chi connectivity index (χ4v) is 0.779. The van der Waals surface area contributed by atoms with Gasteiger partial charge < -0.3 is 10.2 Å². The van der Waals surface area contributed by atoms with Gasteiger partial charge in [-0.3, -0.25) is 5.84 Å². The first kappa shape index (κ1) is 9.66. The minimum absolute atomic E-state index is 0.289. The number of alkyl halides is 2. The highest BCUT2D eigenvalue weighted by atomic mass is 19.3. The number of anilines is 1. The molecule has 0 radical (unpaired) electrons. The van der Waals surface area contributed by atoms with E-state index in [1.54, 1.807) is 0 Å². The number of nitrogen functional groups attached to an aromatic ring is 1. The quantitative estimate of drug-likeness (QED) is 0.566. The Morgan fingerprint density at radius 3 is 2.62 bits per heavy atom. The van der Waals surface area contributed by atoms with E-state index in [4.69, 9.17) is 5.84 Å². The molecule has 3 N–H and O–H groups in total. The lowest BCUT2D eigenvalue weighted by atomic mass is 10.3. The molecular formula is C7H7F3N2O. The second kappa shape index (κ2) is 3.99. The summed E-state index contributed by atoms with van der Waals surface area (Å²) in [6.45, 7) is -3.05. The minimum Gasteiger partial charge on any atom is -0.432 e. The van der Waals surface area contributed by atoms with Gasteiger partial charge in [0.15, 0.2) is 11.6 Å². The van der Waals surface area contributed by atoms with Crippen LogP contribution in [0.5, 0.6) is 5.75 Å². The average Bonchev–Trinajstić information content (AvgIpc) is 2.08. The first-order chi connectivity index (χ1) is 6.13. The van der Waals surface area contributed by atoms with Crippen molar-refractivity contribution in [3.05, 3.63) is 24.0 Å². The summed E-state index contributed by atoms with van der Waals surface area (Å²) in [4.78, 5) is 0. The van der Waals surface area contributed by atoms with Gasteiger partial charge in [-0.1, -0.05) is 0 Å². The molecule has 0 aliphatic rings. The maximum Gasteiger partial charge on any atom is 0.387 e. The van der Waals surface area contributed by atoms with Crippen LogP contribution < -0.4 is 16.0 Å². The van der Waals surface area contributed by atoms with Gasteiger partial charge in [-0.15, -0.1) is 0 Å². The molecule has 0 spiro atoms. The molecular weight excluding hydrogens is 185 g/mol. The highest BCUT2D eigenvalue weighted by Crippen LogP contribution is 2.22. The summed E-state index contributed by atoms with van der Waals surface area (Å²) in [6, 6.07) is 3.32. The van der Waals surface area contributed by atoms with Gasteiger partial charge in [0.1, 0.15) is 0 Å². The molecule has 0 fully saturated rings. The van der Waals surface area contributed by atoms with Gasteiger partial charge in [-0.25, -0.2) is 4.39 Å². The maximum atomic E-state index is 12.7. The summed E-state index contributed by atoms with van der Waals surface area (Å²) in [6.07, 6.45) is 0. The minimum atomic E-state index is -3.05. The van der Waals surface area contributed by atoms with E-state index in [-0.39, 0.29) is 5.69 Å². The van der Waals surface area contributed by atoms with E-state index in [1.807, 2.05) is 0 Å². The second-order valence-corrected chi connectivity index (χ2v) is 2.17. The number of halogens is 3. The number of hydrazine groups is 1. The van der Waals surface area contributed by atoms with Crippen molar-refractivity contribution in [3.8, 4) is 5.75 Å². The van der Waals surface area contributed by atoms with E-state index in [2.05, 4.69) is 10.2 Å². The Morgan fingerprint density at radius 2 is 2.08 bits per heavy atom. The van der Waals surface area contributed by atoms with E-state index in [0.717, 1.165) is 12.1 Å². The largest absolute Gasteiger partial charge is 0.432 e. The van der Waals surface area contributed by atoms with Crippen LogP contribution in [0.2, 0.25) is 0 Å². The molecule has 0 bridgehead atoms. The van der Waals surface area contributed by atoms with Crippen molar-refractivity contribution in [2.75, 3.05) is 5.43 Å². The van der Waals surface area contributed by atoms with Crippen molar-refractivity contribution in [1.29, 1.82) is 0 Å². The molecule has 0 atom stereocenters. The van der Waals surface area contributed by atoms with Crippen LogP contribution in [-0.4, -0.2) is 6.61 Å². The molecule has 0 aromatic heterocycles. The lowest BCUT2D eigenvalue weighted by Gasteiger charge is -2.07. The number of rotatable bonds is 3. The molecule has 1 rings (SSSR count). The molecule has 1 aromatic carbocycles. The molecule has 0 aliphatic heterocycles. The van der Waals surface area contributed by atoms with Gasteiger partial charge in [-0.2, -0.15) is 8.78 Å². The summed E-state index contributed by atoms with van der Waals surface area (Å²) in [5, 5.41) is 0. The molecule has 0 saturated heterocycles. The number of hydrogen-bond acceptors (Lipinski definition) is 3. The summed E-state index contributed by atoms with van der Waals surface area (Å²) >= 11 is 0. The van der Waals surface area contributed by atoms with Crippen molar-refractivity contribution in [3.63, 3.8) is 0 Å². The number of ether oxygens (including phenoxy) is 1. The smallest absolute Gasteiger partial charge is 0.387 e. The van der Waals surface area contributed by atoms with Crippen LogP contribution in [0.15, 0.2) is 18.2 Å². The predicted octanol–water partition coefficient (Wildman–Crippen LogP) is 1.71. The zero-order valence-corrected chi connectivity index (χ0v) is 6.43. The Bertz CT molecular complexity index is 293. The van der Waals surface area contributed by atoms with Crippen LogP contribution >= 0.6 is 0 Å². The van der Waals surface area contributed by atoms with Crippen molar-refractivity contribution in [2.24, 2.45) is 5.84 Å². The van der Waals surface area contributed by atoms with Gasteiger partial charge in [0.05, 0.1) is 5.69 Å². The van der Waals surface area contributed by atoms with Crippen molar-refractivity contribution in [2.45, 2.75) is 6.61 Å². The number of nitrogens with two attached hydrogens (primary N) is 1. The molecule has 72 valence electrons. The number of benzene rings is 1. The van der Waals surface area contributed by atoms with Crippen LogP contribution in [0.25, 0.3) is 0 Å². The van der Waals surface area contributed by atoms with Gasteiger partial charge in [0.2, 0.25) is 0 Å². The first-order valence-corrected chi connectivity index (χ1v) is 3.34. The monoisotopic (exact) mass is 192 g/mol. The summed E-state index contributed by atoms with van der Waals surface area (Å²) < 4.78 is 40.0. The van der Waals surface area contributed by atoms with Gasteiger partial charge in [0.25, 0.3) is 0 Å². The van der Waals surface area contributed by atoms with E-state index < -0.39 is 18.2 Å². The predicted molar refractivity (Wildman–Crippen MR) is 40.8 cm³/mol. The van der Waals surface area contributed by atoms with Gasteiger partial charge >= 0.3 is 6.61 Å². The summed E-state index contributed by atoms with van der Waals surface area (Å²) in [5.74, 6) is 3.59. The molecule has 1 aromatic rings. The molecule has 13 heavy (non-hydrogen) atoms. The third-order valence-corrected chi connectivity index (χ3v) is 1.31. The Balaban J connectivity index is 2.90. The maximum absolute atomic E-state index is 12.7. The van der Waals surface area contributed by atoms with E-state index in [0.29, 0.717) is 0 Å². The zero-order chi connectivity index (χ0) is 9.84. The van der Waals surface area contributed by atoms with Crippen LogP contribution in [0.3, 0.4) is 0 Å². The average molecular weight is 192 g/mol. The third kappa shape index (κ3) is 2.51. The Labute approximate surface area is 72.3 Å². The van der Waals surface area contributed by atoms with Crippen molar-refractivity contribution < 1.29 is 17.9 Å². The van der Waals surface area contributed by atoms with E-state index in [9.17, 15) is 13.2 Å². The van der Waals surface area contributed by atoms with Crippen LogP contribution in [-0.2, 0) is 0 Å². The van der Waals surface area contributed by atoms with Crippen LogP contribution in [0, 0.1) is 5.82 Å². The Morgan fingerprint density at radius 1 is 1.38 bits per heavy atom. The fraction of sp³-hybridized carbons (Fsp3) is 0.143. The normalized spacial score (nSPS) is 10.2. The van der Waals surface area contributed by atoms with Crippen molar-refractivity contribution in [1.82, 2.24) is 0 Å². The Kier molecular flexibility index (Phi) is 2.97. The Hall–Kier alpha value is -1.43. The molecule has 3 nitrogen and oxygen atoms in total. The standard InChI is InChI=1S/C7H7F3N2O/c8-5-2-1-4(12-11)3-6(5)13-7(9)10/h1-3,7,12H,11H2. The zero-order valence-electron chi connectivity index (χ0n) is 6.43. The highest BCUT2D eigenvalue weighted by Gasteiger charge is 2.09. The third-order valence-electron chi connectivity index (χ3n) is 1.31. The molecule has 0 saturated carbocycles.